The van der Waals surface area contributed by atoms with Crippen molar-refractivity contribution in [2.45, 2.75) is 13.3 Å². The molecule has 1 nitrogen and oxygen atoms in total. The molecule has 2 aromatic rings. The Morgan fingerprint density at radius 3 is 2.68 bits per heavy atom. The van der Waals surface area contributed by atoms with Crippen molar-refractivity contribution in [2.24, 2.45) is 0 Å². The molecule has 0 aliphatic rings. The Balaban J connectivity index is 2.25. The molecule has 0 atom stereocenters. The minimum atomic E-state index is -0.475. The lowest BCUT2D eigenvalue weighted by Crippen LogP contribution is -2.06. The first-order chi connectivity index (χ1) is 8.97. The quantitative estimate of drug-likeness (QED) is 0.720. The number of Topliss-reactive ketones (excluding diaryl/α,β-unsaturated/α-hetero) is 1. The molecule has 0 unspecified atom stereocenters. The molecule has 0 aliphatic heterocycles. The average molecular weight is 342 g/mol. The van der Waals surface area contributed by atoms with Crippen molar-refractivity contribution in [3.05, 3.63) is 68.4 Å². The van der Waals surface area contributed by atoms with E-state index in [0.717, 1.165) is 10.0 Å². The first-order valence-electron chi connectivity index (χ1n) is 5.70. The van der Waals surface area contributed by atoms with Crippen LogP contribution in [-0.4, -0.2) is 5.78 Å². The highest BCUT2D eigenvalue weighted by molar-refractivity contribution is 9.10. The smallest absolute Gasteiger partial charge is 0.167 e. The third-order valence-electron chi connectivity index (χ3n) is 2.85. The van der Waals surface area contributed by atoms with Gasteiger partial charge in [-0.25, -0.2) is 4.39 Å². The molecule has 0 radical (unpaired) electrons. The normalized spacial score (nSPS) is 10.5. The summed E-state index contributed by atoms with van der Waals surface area (Å²) in [5.41, 5.74) is 2.28. The van der Waals surface area contributed by atoms with Crippen molar-refractivity contribution in [3.8, 4) is 0 Å². The topological polar surface area (TPSA) is 17.1 Å². The standard InChI is InChI=1S/C15H11BrClFO/c1-9-2-4-11(16)8-12(9)15(19)7-10-3-5-14(18)13(17)6-10/h2-6,8H,7H2,1H3. The Morgan fingerprint density at radius 2 is 2.00 bits per heavy atom. The van der Waals surface area contributed by atoms with Crippen molar-refractivity contribution in [2.75, 3.05) is 0 Å². The molecule has 4 heteroatoms. The van der Waals surface area contributed by atoms with E-state index in [0.29, 0.717) is 11.1 Å². The maximum Gasteiger partial charge on any atom is 0.167 e. The van der Waals surface area contributed by atoms with Gasteiger partial charge in [-0.1, -0.05) is 39.7 Å². The van der Waals surface area contributed by atoms with E-state index in [1.807, 2.05) is 19.1 Å². The minimum Gasteiger partial charge on any atom is -0.294 e. The predicted octanol–water partition coefficient (Wildman–Crippen LogP) is 4.98. The molecule has 0 bridgehead atoms. The third kappa shape index (κ3) is 3.43. The minimum absolute atomic E-state index is 0.0125. The molecule has 98 valence electrons. The van der Waals surface area contributed by atoms with Crippen molar-refractivity contribution < 1.29 is 9.18 Å². The molecule has 0 spiro atoms. The van der Waals surface area contributed by atoms with E-state index in [1.54, 1.807) is 12.1 Å². The van der Waals surface area contributed by atoms with Crippen LogP contribution in [0.15, 0.2) is 40.9 Å². The molecule has 0 aromatic heterocycles. The van der Waals surface area contributed by atoms with Crippen LogP contribution in [0, 0.1) is 12.7 Å². The van der Waals surface area contributed by atoms with Gasteiger partial charge in [0, 0.05) is 16.5 Å². The highest BCUT2D eigenvalue weighted by atomic mass is 79.9. The molecular weight excluding hydrogens is 331 g/mol. The Morgan fingerprint density at radius 1 is 1.26 bits per heavy atom. The summed E-state index contributed by atoms with van der Waals surface area (Å²) < 4.78 is 13.9. The number of halogens is 3. The lowest BCUT2D eigenvalue weighted by atomic mass is 9.99. The highest BCUT2D eigenvalue weighted by Gasteiger charge is 2.11. The number of aryl methyl sites for hydroxylation is 1. The van der Waals surface area contributed by atoms with Gasteiger partial charge in [-0.2, -0.15) is 0 Å². The second-order valence-corrected chi connectivity index (χ2v) is 5.63. The zero-order valence-corrected chi connectivity index (χ0v) is 12.6. The van der Waals surface area contributed by atoms with Gasteiger partial charge >= 0.3 is 0 Å². The second kappa shape index (κ2) is 5.85. The zero-order chi connectivity index (χ0) is 14.0. The summed E-state index contributed by atoms with van der Waals surface area (Å²) in [7, 11) is 0. The van der Waals surface area contributed by atoms with Crippen LogP contribution in [0.5, 0.6) is 0 Å². The van der Waals surface area contributed by atoms with E-state index >= 15 is 0 Å². The van der Waals surface area contributed by atoms with Gasteiger partial charge in [0.05, 0.1) is 5.02 Å². The van der Waals surface area contributed by atoms with E-state index in [-0.39, 0.29) is 17.2 Å². The molecular formula is C15H11BrClFO. The molecule has 0 heterocycles. The summed E-state index contributed by atoms with van der Waals surface area (Å²) in [4.78, 5) is 12.2. The van der Waals surface area contributed by atoms with E-state index in [2.05, 4.69) is 15.9 Å². The molecule has 0 saturated carbocycles. The fraction of sp³-hybridized carbons (Fsp3) is 0.133. The van der Waals surface area contributed by atoms with Gasteiger partial charge in [-0.3, -0.25) is 4.79 Å². The van der Waals surface area contributed by atoms with Crippen molar-refractivity contribution >= 4 is 33.3 Å². The molecule has 0 fully saturated rings. The van der Waals surface area contributed by atoms with Gasteiger partial charge in [0.1, 0.15) is 5.82 Å². The summed E-state index contributed by atoms with van der Waals surface area (Å²) in [6, 6.07) is 9.91. The molecule has 0 aliphatic carbocycles. The molecule has 0 N–H and O–H groups in total. The van der Waals surface area contributed by atoms with Crippen LogP contribution in [-0.2, 0) is 6.42 Å². The highest BCUT2D eigenvalue weighted by Crippen LogP contribution is 2.20. The monoisotopic (exact) mass is 340 g/mol. The van der Waals surface area contributed by atoms with Crippen molar-refractivity contribution in [1.29, 1.82) is 0 Å². The van der Waals surface area contributed by atoms with E-state index in [1.165, 1.54) is 12.1 Å². The fourth-order valence-corrected chi connectivity index (χ4v) is 2.39. The number of carbonyl (C=O) groups excluding carboxylic acids is 1. The van der Waals surface area contributed by atoms with Crippen LogP contribution in [0.1, 0.15) is 21.5 Å². The number of ketones is 1. The summed E-state index contributed by atoms with van der Waals surface area (Å²) >= 11 is 9.05. The van der Waals surface area contributed by atoms with Gasteiger partial charge in [0.2, 0.25) is 0 Å². The molecule has 2 rings (SSSR count). The average Bonchev–Trinajstić information content (AvgIpc) is 2.36. The van der Waals surface area contributed by atoms with E-state index < -0.39 is 5.82 Å². The van der Waals surface area contributed by atoms with Crippen molar-refractivity contribution in [3.63, 3.8) is 0 Å². The van der Waals surface area contributed by atoms with Crippen LogP contribution >= 0.6 is 27.5 Å². The van der Waals surface area contributed by atoms with E-state index in [4.69, 9.17) is 11.6 Å². The second-order valence-electron chi connectivity index (χ2n) is 4.31. The van der Waals surface area contributed by atoms with Gasteiger partial charge in [0.15, 0.2) is 5.78 Å². The summed E-state index contributed by atoms with van der Waals surface area (Å²) in [5, 5.41) is 0.0382. The lowest BCUT2D eigenvalue weighted by molar-refractivity contribution is 0.0992. The molecule has 0 amide bonds. The van der Waals surface area contributed by atoms with Crippen LogP contribution < -0.4 is 0 Å². The zero-order valence-electron chi connectivity index (χ0n) is 10.2. The van der Waals surface area contributed by atoms with Gasteiger partial charge < -0.3 is 0 Å². The number of hydrogen-bond acceptors (Lipinski definition) is 1. The Bertz CT molecular complexity index is 640. The fourth-order valence-electron chi connectivity index (χ4n) is 1.82. The first kappa shape index (κ1) is 14.2. The van der Waals surface area contributed by atoms with Gasteiger partial charge in [0.25, 0.3) is 0 Å². The summed E-state index contributed by atoms with van der Waals surface area (Å²) in [5.74, 6) is -0.488. The van der Waals surface area contributed by atoms with Crippen LogP contribution in [0.25, 0.3) is 0 Å². The third-order valence-corrected chi connectivity index (χ3v) is 3.63. The maximum absolute atomic E-state index is 13.1. The SMILES string of the molecule is Cc1ccc(Br)cc1C(=O)Cc1ccc(F)c(Cl)c1. The first-order valence-corrected chi connectivity index (χ1v) is 6.88. The van der Waals surface area contributed by atoms with Crippen LogP contribution in [0.2, 0.25) is 5.02 Å². The maximum atomic E-state index is 13.1. The lowest BCUT2D eigenvalue weighted by Gasteiger charge is -2.06. The van der Waals surface area contributed by atoms with E-state index in [9.17, 15) is 9.18 Å². The largest absolute Gasteiger partial charge is 0.294 e. The number of carbonyl (C=O) groups is 1. The number of rotatable bonds is 3. The van der Waals surface area contributed by atoms with Crippen LogP contribution in [0.4, 0.5) is 4.39 Å². The summed E-state index contributed by atoms with van der Waals surface area (Å²) in [6.45, 7) is 1.89. The van der Waals surface area contributed by atoms with Gasteiger partial charge in [-0.15, -0.1) is 0 Å². The number of benzene rings is 2. The predicted molar refractivity (Wildman–Crippen MR) is 78.3 cm³/mol. The Kier molecular flexibility index (Phi) is 4.38. The Labute approximate surface area is 124 Å². The molecule has 19 heavy (non-hydrogen) atoms. The molecule has 2 aromatic carbocycles. The van der Waals surface area contributed by atoms with Crippen molar-refractivity contribution in [1.82, 2.24) is 0 Å². The van der Waals surface area contributed by atoms with Gasteiger partial charge in [-0.05, 0) is 42.3 Å². The number of hydrogen-bond donors (Lipinski definition) is 0. The Hall–Kier alpha value is -1.19. The van der Waals surface area contributed by atoms with Crippen LogP contribution in [0.3, 0.4) is 0 Å². The molecule has 0 saturated heterocycles. The summed E-state index contributed by atoms with van der Waals surface area (Å²) in [6.07, 6.45) is 0.206.